The number of hydrogen-bond acceptors (Lipinski definition) is 22. The Balaban J connectivity index is 1.11. The fourth-order valence-electron chi connectivity index (χ4n) is 9.08. The molecule has 0 aliphatic rings. The number of nitrogens with two attached hydrogens (primary N) is 5. The van der Waals surface area contributed by atoms with E-state index >= 15 is 0 Å². The van der Waals surface area contributed by atoms with E-state index in [2.05, 4.69) is 62.5 Å². The fourth-order valence-corrected chi connectivity index (χ4v) is 11.9. The summed E-state index contributed by atoms with van der Waals surface area (Å²) in [5.41, 5.74) is 30.3. The molecule has 0 unspecified atom stereocenters. The Kier molecular flexibility index (Phi) is 28.7. The Morgan fingerprint density at radius 1 is 0.708 bits per heavy atom. The summed E-state index contributed by atoms with van der Waals surface area (Å²) in [6.45, 7) is 7.54. The summed E-state index contributed by atoms with van der Waals surface area (Å²) in [6, 6.07) is 12.7. The van der Waals surface area contributed by atoms with Gasteiger partial charge in [0.2, 0.25) is 29.5 Å². The minimum atomic E-state index is -1.58. The van der Waals surface area contributed by atoms with Crippen LogP contribution in [0.15, 0.2) is 77.5 Å². The van der Waals surface area contributed by atoms with Gasteiger partial charge in [-0.05, 0) is 106 Å². The van der Waals surface area contributed by atoms with Crippen molar-refractivity contribution in [2.24, 2.45) is 28.9 Å². The van der Waals surface area contributed by atoms with Gasteiger partial charge in [-0.25, -0.2) is 19.9 Å². The van der Waals surface area contributed by atoms with Gasteiger partial charge >= 0.3 is 0 Å². The van der Waals surface area contributed by atoms with Crippen molar-refractivity contribution in [3.05, 3.63) is 126 Å². The predicted octanol–water partition coefficient (Wildman–Crippen LogP) is 1.27. The SMILES string of the molecule is Cc1c(N)nc([C@H](CC(N)=O)NC[C@H](N)C(N)=O)nc1C(=O)N[C@@H](Cc1cccs1)C(=O)N[C@H](Cc1ccccc1)[C@@H](O)[C@H](C)C(=O)N[C@@H](Cc1ccc(O)cc1)C(=O)NCCc1nc(-c2nc(C(=O)NCCCNCCCCNCCCN)cs2)c(Cl)s1. The van der Waals surface area contributed by atoms with Gasteiger partial charge in [0.15, 0.2) is 0 Å². The molecule has 2 aromatic carbocycles. The molecule has 0 bridgehead atoms. The van der Waals surface area contributed by atoms with E-state index in [0.717, 1.165) is 51.9 Å². The number of benzene rings is 2. The molecule has 480 valence electrons. The molecule has 6 rings (SSSR count). The van der Waals surface area contributed by atoms with Crippen LogP contribution >= 0.6 is 45.6 Å². The van der Waals surface area contributed by atoms with Crippen molar-refractivity contribution >= 4 is 92.8 Å². The second-order valence-corrected chi connectivity index (χ2v) is 24.7. The van der Waals surface area contributed by atoms with Crippen LogP contribution in [0, 0.1) is 12.8 Å². The number of aromatic hydroxyl groups is 1. The first-order valence-electron chi connectivity index (χ1n) is 29.1. The summed E-state index contributed by atoms with van der Waals surface area (Å²) in [6.07, 6.45) is 2.11. The first-order chi connectivity index (χ1) is 42.7. The molecule has 4 heterocycles. The molecule has 4 aromatic heterocycles. The third kappa shape index (κ3) is 22.8. The monoisotopic (exact) mass is 1300 g/mol. The number of nitrogens with zero attached hydrogens (tertiary/aromatic N) is 4. The molecular weight excluding hydrogens is 1220 g/mol. The molecule has 89 heavy (non-hydrogen) atoms. The van der Waals surface area contributed by atoms with E-state index in [1.54, 1.807) is 65.4 Å². The van der Waals surface area contributed by atoms with Gasteiger partial charge in [0, 0.05) is 61.1 Å². The van der Waals surface area contributed by atoms with Gasteiger partial charge in [-0.3, -0.25) is 33.6 Å². The van der Waals surface area contributed by atoms with E-state index in [0.29, 0.717) is 49.1 Å². The smallest absolute Gasteiger partial charge is 0.271 e. The number of thiazole rings is 2. The van der Waals surface area contributed by atoms with Gasteiger partial charge in [-0.1, -0.05) is 67.1 Å². The summed E-state index contributed by atoms with van der Waals surface area (Å²) >= 11 is 10.4. The van der Waals surface area contributed by atoms with Crippen molar-refractivity contribution in [2.45, 2.75) is 108 Å². The van der Waals surface area contributed by atoms with Crippen molar-refractivity contribution in [2.75, 3.05) is 58.1 Å². The molecule has 20 N–H and O–H groups in total. The van der Waals surface area contributed by atoms with Crippen LogP contribution in [-0.2, 0) is 49.7 Å². The van der Waals surface area contributed by atoms with Crippen LogP contribution in [0.1, 0.15) is 98.4 Å². The second-order valence-electron chi connectivity index (χ2n) is 21.2. The minimum absolute atomic E-state index is 0.00585. The first-order valence-corrected chi connectivity index (χ1v) is 32.1. The maximum absolute atomic E-state index is 14.7. The Morgan fingerprint density at radius 3 is 2.07 bits per heavy atom. The highest BCUT2D eigenvalue weighted by Gasteiger charge is 2.36. The maximum atomic E-state index is 14.7. The average molecular weight is 1300 g/mol. The largest absolute Gasteiger partial charge is 0.508 e. The molecule has 0 spiro atoms. The number of thiophene rings is 1. The highest BCUT2D eigenvalue weighted by Crippen LogP contribution is 2.35. The first kappa shape index (κ1) is 70.5. The number of halogens is 1. The van der Waals surface area contributed by atoms with Crippen LogP contribution < -0.4 is 71.2 Å². The Hall–Kier alpha value is -7.58. The molecule has 0 aliphatic heterocycles. The Bertz CT molecular complexity index is 3270. The molecule has 0 saturated carbocycles. The maximum Gasteiger partial charge on any atom is 0.271 e. The number of nitrogen functional groups attached to an aromatic ring is 1. The van der Waals surface area contributed by atoms with Crippen LogP contribution in [0.3, 0.4) is 0 Å². The van der Waals surface area contributed by atoms with E-state index in [4.69, 9.17) is 40.3 Å². The highest BCUT2D eigenvalue weighted by atomic mass is 35.5. The van der Waals surface area contributed by atoms with Crippen molar-refractivity contribution in [1.29, 1.82) is 0 Å². The lowest BCUT2D eigenvalue weighted by Gasteiger charge is -2.31. The number of aromatic nitrogens is 4. The Morgan fingerprint density at radius 2 is 1.39 bits per heavy atom. The second kappa shape index (κ2) is 36.2. The lowest BCUT2D eigenvalue weighted by molar-refractivity contribution is -0.134. The summed E-state index contributed by atoms with van der Waals surface area (Å²) in [7, 11) is 0. The number of anilines is 1. The van der Waals surface area contributed by atoms with Gasteiger partial charge < -0.3 is 81.4 Å². The summed E-state index contributed by atoms with van der Waals surface area (Å²) in [5, 5.41) is 50.6. The van der Waals surface area contributed by atoms with Gasteiger partial charge in [-0.2, -0.15) is 0 Å². The lowest BCUT2D eigenvalue weighted by atomic mass is 9.91. The number of amides is 7. The molecule has 26 nitrogen and oxygen atoms in total. The average Bonchev–Trinajstić information content (AvgIpc) is 2.03. The standard InChI is InChI=1S/C59H80ClN17O9S3/c1-33-47(76-53(77-51(33)64)41(30-45(63)79)70-31-39(62)52(65)81)58(86)73-43(29-38-13-8-26-87-38)57(85)71-40(27-35-11-4-3-5-12-35)49(80)34(2)54(82)72-42(28-36-14-16-37(78)17-15-36)55(83)69-25-18-46-75-48(50(60)89-46)59-74-44(32-88-59)56(84)68-24-10-23-67-21-7-6-20-66-22-9-19-61/h3-5,8,11-17,26,32,34,39-43,49,66-67,70,78,80H,6-7,9-10,18-25,27-31,61-62H2,1-2H3,(H2,63,79)(H2,65,81)(H,68,84)(H,69,83)(H,71,85)(H,72,82)(H,73,86)(H2,64,76,77)/t34-,39-,40+,41-,42-,43-,49-/m0/s1. The zero-order chi connectivity index (χ0) is 64.4. The zero-order valence-electron chi connectivity index (χ0n) is 49.6. The molecule has 0 aliphatic carbocycles. The van der Waals surface area contributed by atoms with Gasteiger partial charge in [0.05, 0.1) is 35.2 Å². The van der Waals surface area contributed by atoms with E-state index in [9.17, 15) is 43.8 Å². The number of nitrogens with one attached hydrogen (secondary N) is 8. The minimum Gasteiger partial charge on any atom is -0.508 e. The number of primary amides is 2. The summed E-state index contributed by atoms with van der Waals surface area (Å²) in [4.78, 5) is 113. The van der Waals surface area contributed by atoms with E-state index in [-0.39, 0.29) is 85.4 Å². The third-order valence-corrected chi connectivity index (χ3v) is 17.3. The van der Waals surface area contributed by atoms with Crippen LogP contribution in [0.25, 0.3) is 10.7 Å². The van der Waals surface area contributed by atoms with Crippen molar-refractivity contribution in [1.82, 2.24) is 62.5 Å². The quantitative estimate of drug-likeness (QED) is 0.0242. The number of phenolic OH excluding ortho intramolecular Hbond substituents is 1. The van der Waals surface area contributed by atoms with Gasteiger partial charge in [-0.15, -0.1) is 34.0 Å². The number of aliphatic hydroxyl groups excluding tert-OH is 1. The van der Waals surface area contributed by atoms with Gasteiger partial charge in [0.1, 0.15) is 55.9 Å². The van der Waals surface area contributed by atoms with Crippen LogP contribution in [0.5, 0.6) is 5.75 Å². The molecule has 7 amide bonds. The molecule has 0 saturated heterocycles. The number of phenols is 1. The van der Waals surface area contributed by atoms with E-state index in [1.165, 1.54) is 60.0 Å². The number of rotatable bonds is 39. The third-order valence-electron chi connectivity index (χ3n) is 14.2. The van der Waals surface area contributed by atoms with E-state index in [1.807, 2.05) is 0 Å². The number of carbonyl (C=O) groups is 7. The highest BCUT2D eigenvalue weighted by molar-refractivity contribution is 7.17. The molecular formula is C59H80ClN17O9S3. The topological polar surface area (TPSA) is 438 Å². The predicted molar refractivity (Wildman–Crippen MR) is 344 cm³/mol. The van der Waals surface area contributed by atoms with Crippen molar-refractivity contribution < 1.29 is 43.8 Å². The van der Waals surface area contributed by atoms with Gasteiger partial charge in [0.25, 0.3) is 11.8 Å². The number of carbonyl (C=O) groups excluding carboxylic acids is 7. The molecule has 0 radical (unpaired) electrons. The number of unbranched alkanes of at least 4 members (excludes halogenated alkanes) is 1. The molecule has 0 fully saturated rings. The van der Waals surface area contributed by atoms with Crippen molar-refractivity contribution in [3.8, 4) is 16.5 Å². The Labute approximate surface area is 533 Å². The summed E-state index contributed by atoms with van der Waals surface area (Å²) < 4.78 is 0.352. The molecule has 30 heteroatoms. The van der Waals surface area contributed by atoms with Crippen molar-refractivity contribution in [3.63, 3.8) is 0 Å². The number of aliphatic hydroxyl groups is 1. The zero-order valence-corrected chi connectivity index (χ0v) is 52.8. The van der Waals surface area contributed by atoms with E-state index < -0.39 is 77.7 Å². The summed E-state index contributed by atoms with van der Waals surface area (Å²) in [5.74, 6) is -6.30. The molecule has 7 atom stereocenters. The van der Waals surface area contributed by atoms with Crippen LogP contribution in [0.2, 0.25) is 4.34 Å². The lowest BCUT2D eigenvalue weighted by Crippen LogP contribution is -2.57. The van der Waals surface area contributed by atoms with Crippen LogP contribution in [0.4, 0.5) is 5.82 Å². The van der Waals surface area contributed by atoms with Crippen LogP contribution in [-0.4, -0.2) is 154 Å². The molecule has 6 aromatic rings. The normalized spacial score (nSPS) is 13.7. The fraction of sp³-hybridized carbons (Fsp3) is 0.441. The number of hydrogen-bond donors (Lipinski definition) is 15.